The molecule has 3 amide bonds. The maximum atomic E-state index is 13.0. The number of hydrogen-bond acceptors (Lipinski definition) is 3. The van der Waals surface area contributed by atoms with Gasteiger partial charge < -0.3 is 0 Å². The zero-order valence-corrected chi connectivity index (χ0v) is 14.4. The van der Waals surface area contributed by atoms with Gasteiger partial charge in [-0.3, -0.25) is 24.2 Å². The normalized spacial score (nSPS) is 28.8. The van der Waals surface area contributed by atoms with Gasteiger partial charge in [-0.05, 0) is 36.5 Å². The molecule has 1 aromatic rings. The number of carbonyl (C=O) groups excluding carboxylic acids is 3. The van der Waals surface area contributed by atoms with Gasteiger partial charge in [0.1, 0.15) is 6.67 Å². The maximum Gasteiger partial charge on any atom is 0.416 e. The van der Waals surface area contributed by atoms with Crippen LogP contribution in [0.25, 0.3) is 0 Å². The van der Waals surface area contributed by atoms with Crippen molar-refractivity contribution in [1.82, 2.24) is 4.90 Å². The molecule has 27 heavy (non-hydrogen) atoms. The third-order valence-electron chi connectivity index (χ3n) is 5.71. The zero-order valence-electron chi connectivity index (χ0n) is 14.4. The summed E-state index contributed by atoms with van der Waals surface area (Å²) in [5.41, 5.74) is -0.902. The molecule has 1 heterocycles. The van der Waals surface area contributed by atoms with Gasteiger partial charge in [0.15, 0.2) is 0 Å². The van der Waals surface area contributed by atoms with Crippen LogP contribution in [0.3, 0.4) is 0 Å². The molecule has 0 N–H and O–H groups in total. The van der Waals surface area contributed by atoms with Crippen molar-refractivity contribution in [2.45, 2.75) is 19.5 Å². The summed E-state index contributed by atoms with van der Waals surface area (Å²) in [6, 6.07) is 4.30. The monoisotopic (exact) mass is 378 g/mol. The van der Waals surface area contributed by atoms with Gasteiger partial charge in [0.2, 0.25) is 17.7 Å². The van der Waals surface area contributed by atoms with Gasteiger partial charge in [-0.1, -0.05) is 18.2 Å². The summed E-state index contributed by atoms with van der Waals surface area (Å²) in [4.78, 5) is 39.6. The Bertz CT molecular complexity index is 834. The van der Waals surface area contributed by atoms with Crippen molar-refractivity contribution in [1.29, 1.82) is 0 Å². The van der Waals surface area contributed by atoms with Gasteiger partial charge in [-0.25, -0.2) is 0 Å². The molecular weight excluding hydrogens is 361 g/mol. The molecular formula is C19H17F3N2O3. The van der Waals surface area contributed by atoms with E-state index in [-0.39, 0.29) is 36.0 Å². The number of halogens is 3. The summed E-state index contributed by atoms with van der Waals surface area (Å²) in [6.45, 7) is 0.818. The molecule has 1 aromatic carbocycles. The Hall–Kier alpha value is -2.64. The van der Waals surface area contributed by atoms with Gasteiger partial charge in [-0.2, -0.15) is 13.2 Å². The fourth-order valence-electron chi connectivity index (χ4n) is 4.46. The maximum absolute atomic E-state index is 13.0. The molecule has 1 saturated carbocycles. The lowest BCUT2D eigenvalue weighted by atomic mass is 9.85. The van der Waals surface area contributed by atoms with Crippen LogP contribution in [0.1, 0.15) is 18.9 Å². The lowest BCUT2D eigenvalue weighted by Gasteiger charge is -2.27. The molecule has 2 fully saturated rings. The van der Waals surface area contributed by atoms with Crippen LogP contribution in [0.15, 0.2) is 36.4 Å². The molecule has 3 aliphatic rings. The number of allylic oxidation sites excluding steroid dienone is 2. The van der Waals surface area contributed by atoms with Crippen LogP contribution in [0.2, 0.25) is 0 Å². The average Bonchev–Trinajstić information content (AvgIpc) is 3.27. The predicted molar refractivity (Wildman–Crippen MR) is 89.0 cm³/mol. The summed E-state index contributed by atoms with van der Waals surface area (Å²) in [5.74, 6) is -2.01. The number of alkyl halides is 3. The first-order valence-electron chi connectivity index (χ1n) is 8.67. The van der Waals surface area contributed by atoms with Gasteiger partial charge in [-0.15, -0.1) is 0 Å². The lowest BCUT2D eigenvalue weighted by molar-refractivity contribution is -0.141. The summed E-state index contributed by atoms with van der Waals surface area (Å²) in [6.07, 6.45) is 0.135. The second kappa shape index (κ2) is 5.94. The molecule has 0 radical (unpaired) electrons. The highest BCUT2D eigenvalue weighted by atomic mass is 19.4. The van der Waals surface area contributed by atoms with Crippen molar-refractivity contribution in [3.63, 3.8) is 0 Å². The van der Waals surface area contributed by atoms with Crippen LogP contribution < -0.4 is 4.90 Å². The Labute approximate surface area is 153 Å². The Kier molecular flexibility index (Phi) is 3.90. The van der Waals surface area contributed by atoms with Crippen molar-refractivity contribution in [3.05, 3.63) is 42.0 Å². The number of carbonyl (C=O) groups is 3. The summed E-state index contributed by atoms with van der Waals surface area (Å²) < 4.78 is 38.9. The number of amides is 3. The van der Waals surface area contributed by atoms with E-state index in [1.165, 1.54) is 19.1 Å². The van der Waals surface area contributed by atoms with E-state index in [4.69, 9.17) is 0 Å². The number of fused-ring (bicyclic) bond motifs is 5. The van der Waals surface area contributed by atoms with E-state index in [0.717, 1.165) is 28.4 Å². The van der Waals surface area contributed by atoms with E-state index < -0.39 is 29.5 Å². The highest BCUT2D eigenvalue weighted by molar-refractivity contribution is 6.07. The van der Waals surface area contributed by atoms with Crippen molar-refractivity contribution in [2.24, 2.45) is 23.7 Å². The quantitative estimate of drug-likeness (QED) is 0.600. The summed E-state index contributed by atoms with van der Waals surface area (Å²) in [5, 5.41) is 0. The second-order valence-electron chi connectivity index (χ2n) is 7.24. The SMILES string of the molecule is CC(=O)N(CN1C(=O)[C@@H]2[C@H](C1=O)[C@H]1C=C[C@H]2C1)c1cccc(C(F)(F)F)c1. The van der Waals surface area contributed by atoms with E-state index >= 15 is 0 Å². The smallest absolute Gasteiger partial charge is 0.294 e. The number of imide groups is 1. The molecule has 0 unspecified atom stereocenters. The molecule has 2 aliphatic carbocycles. The van der Waals surface area contributed by atoms with Crippen LogP contribution in [-0.4, -0.2) is 29.3 Å². The van der Waals surface area contributed by atoms with E-state index in [2.05, 4.69) is 0 Å². The average molecular weight is 378 g/mol. The largest absolute Gasteiger partial charge is 0.416 e. The van der Waals surface area contributed by atoms with Gasteiger partial charge >= 0.3 is 6.18 Å². The molecule has 1 saturated heterocycles. The van der Waals surface area contributed by atoms with E-state index in [0.29, 0.717) is 0 Å². The Balaban J connectivity index is 1.61. The number of benzene rings is 1. The third kappa shape index (κ3) is 2.74. The Morgan fingerprint density at radius 2 is 1.74 bits per heavy atom. The number of hydrogen-bond donors (Lipinski definition) is 0. The first kappa shape index (κ1) is 17.8. The van der Waals surface area contributed by atoms with E-state index in [9.17, 15) is 27.6 Å². The molecule has 2 bridgehead atoms. The van der Waals surface area contributed by atoms with Crippen LogP contribution >= 0.6 is 0 Å². The molecule has 1 aliphatic heterocycles. The molecule has 5 nitrogen and oxygen atoms in total. The standard InChI is InChI=1S/C19H17F3N2O3/c1-10(25)23(14-4-2-3-13(8-14)19(20,21)22)9-24-17(26)15-11-5-6-12(7-11)16(15)18(24)27/h2-6,8,11-12,15-16H,7,9H2,1H3/t11-,12-,15-,16+/m0/s1. The number of nitrogens with zero attached hydrogens (tertiary/aromatic N) is 2. The molecule has 4 atom stereocenters. The fraction of sp³-hybridized carbons (Fsp3) is 0.421. The molecule has 8 heteroatoms. The van der Waals surface area contributed by atoms with Crippen molar-refractivity contribution >= 4 is 23.4 Å². The van der Waals surface area contributed by atoms with E-state index in [1.807, 2.05) is 12.2 Å². The van der Waals surface area contributed by atoms with Crippen molar-refractivity contribution in [3.8, 4) is 0 Å². The van der Waals surface area contributed by atoms with Gasteiger partial charge in [0, 0.05) is 12.6 Å². The minimum absolute atomic E-state index is 0.00363. The highest BCUT2D eigenvalue weighted by Crippen LogP contribution is 2.52. The van der Waals surface area contributed by atoms with Crippen LogP contribution in [0.5, 0.6) is 0 Å². The second-order valence-corrected chi connectivity index (χ2v) is 7.24. The zero-order chi connectivity index (χ0) is 19.5. The first-order valence-corrected chi connectivity index (χ1v) is 8.67. The Morgan fingerprint density at radius 3 is 2.26 bits per heavy atom. The summed E-state index contributed by atoms with van der Waals surface area (Å²) in [7, 11) is 0. The van der Waals surface area contributed by atoms with Crippen molar-refractivity contribution < 1.29 is 27.6 Å². The van der Waals surface area contributed by atoms with Crippen molar-refractivity contribution in [2.75, 3.05) is 11.6 Å². The molecule has 142 valence electrons. The molecule has 4 rings (SSSR count). The highest BCUT2D eigenvalue weighted by Gasteiger charge is 2.59. The van der Waals surface area contributed by atoms with Gasteiger partial charge in [0.05, 0.1) is 17.4 Å². The fourth-order valence-corrected chi connectivity index (χ4v) is 4.46. The third-order valence-corrected chi connectivity index (χ3v) is 5.71. The molecule has 0 spiro atoms. The van der Waals surface area contributed by atoms with Crippen LogP contribution in [0, 0.1) is 23.7 Å². The Morgan fingerprint density at radius 1 is 1.15 bits per heavy atom. The predicted octanol–water partition coefficient (Wildman–Crippen LogP) is 2.82. The number of likely N-dealkylation sites (tertiary alicyclic amines) is 1. The van der Waals surface area contributed by atoms with Crippen LogP contribution in [-0.2, 0) is 20.6 Å². The summed E-state index contributed by atoms with van der Waals surface area (Å²) >= 11 is 0. The number of rotatable bonds is 3. The number of anilines is 1. The first-order chi connectivity index (χ1) is 12.7. The molecule has 0 aromatic heterocycles. The minimum atomic E-state index is -4.56. The lowest BCUT2D eigenvalue weighted by Crippen LogP contribution is -2.44. The topological polar surface area (TPSA) is 57.7 Å². The van der Waals surface area contributed by atoms with Gasteiger partial charge in [0.25, 0.3) is 0 Å². The van der Waals surface area contributed by atoms with Crippen LogP contribution in [0.4, 0.5) is 18.9 Å². The van der Waals surface area contributed by atoms with E-state index in [1.54, 1.807) is 0 Å². The minimum Gasteiger partial charge on any atom is -0.294 e.